The van der Waals surface area contributed by atoms with Gasteiger partial charge in [0.25, 0.3) is 5.91 Å². The third-order valence-electron chi connectivity index (χ3n) is 5.55. The van der Waals surface area contributed by atoms with Gasteiger partial charge in [-0.3, -0.25) is 9.59 Å². The number of carbonyl (C=O) groups is 2. The van der Waals surface area contributed by atoms with E-state index in [-0.39, 0.29) is 24.1 Å². The van der Waals surface area contributed by atoms with Gasteiger partial charge in [-0.05, 0) is 28.5 Å². The Bertz CT molecular complexity index is 1250. The number of hydrogen-bond acceptors (Lipinski definition) is 4. The van der Waals surface area contributed by atoms with Gasteiger partial charge in [0.15, 0.2) is 5.69 Å². The fourth-order valence-corrected chi connectivity index (χ4v) is 3.97. The van der Waals surface area contributed by atoms with E-state index in [0.717, 1.165) is 22.0 Å². The van der Waals surface area contributed by atoms with Crippen molar-refractivity contribution >= 4 is 28.3 Å². The number of amides is 2. The van der Waals surface area contributed by atoms with Gasteiger partial charge in [0.1, 0.15) is 6.54 Å². The Labute approximate surface area is 179 Å². The summed E-state index contributed by atoms with van der Waals surface area (Å²) in [7, 11) is 0. The van der Waals surface area contributed by atoms with Gasteiger partial charge in [0.05, 0.1) is 12.7 Å². The molecule has 7 nitrogen and oxygen atoms in total. The van der Waals surface area contributed by atoms with Crippen molar-refractivity contribution < 1.29 is 9.59 Å². The number of benzene rings is 3. The Morgan fingerprint density at radius 2 is 1.68 bits per heavy atom. The number of rotatable bonds is 4. The minimum atomic E-state index is -0.273. The van der Waals surface area contributed by atoms with Gasteiger partial charge < -0.3 is 9.80 Å². The van der Waals surface area contributed by atoms with Crippen LogP contribution in [-0.2, 0) is 11.3 Å². The van der Waals surface area contributed by atoms with Crippen LogP contribution in [0.1, 0.15) is 16.1 Å². The highest BCUT2D eigenvalue weighted by Gasteiger charge is 2.29. The summed E-state index contributed by atoms with van der Waals surface area (Å²) in [6, 6.07) is 23.8. The Morgan fingerprint density at radius 1 is 0.903 bits per heavy atom. The monoisotopic (exact) mass is 411 g/mol. The normalized spacial score (nSPS) is 14.3. The Kier molecular flexibility index (Phi) is 4.92. The van der Waals surface area contributed by atoms with Gasteiger partial charge in [-0.15, -0.1) is 5.10 Å². The molecule has 4 aromatic rings. The topological polar surface area (TPSA) is 71.3 Å². The molecule has 1 saturated heterocycles. The molecule has 0 N–H and O–H groups in total. The zero-order chi connectivity index (χ0) is 21.2. The molecule has 0 radical (unpaired) electrons. The van der Waals surface area contributed by atoms with Crippen LogP contribution in [-0.4, -0.2) is 51.3 Å². The van der Waals surface area contributed by atoms with Gasteiger partial charge in [-0.2, -0.15) is 0 Å². The molecule has 1 aliphatic heterocycles. The van der Waals surface area contributed by atoms with Crippen molar-refractivity contribution in [2.75, 3.05) is 24.5 Å². The fourth-order valence-electron chi connectivity index (χ4n) is 3.97. The summed E-state index contributed by atoms with van der Waals surface area (Å²) in [5.74, 6) is -0.376. The van der Waals surface area contributed by atoms with Crippen LogP contribution in [0.4, 0.5) is 5.69 Å². The quantitative estimate of drug-likeness (QED) is 0.518. The number of anilines is 1. The zero-order valence-electron chi connectivity index (χ0n) is 16.9. The molecule has 5 rings (SSSR count). The van der Waals surface area contributed by atoms with E-state index >= 15 is 0 Å². The molecule has 1 aliphatic rings. The Hall–Kier alpha value is -4.00. The van der Waals surface area contributed by atoms with Gasteiger partial charge >= 0.3 is 0 Å². The maximum Gasteiger partial charge on any atom is 0.276 e. The third kappa shape index (κ3) is 3.77. The number of para-hydroxylation sites is 1. The molecule has 1 fully saturated rings. The molecule has 0 aliphatic carbocycles. The predicted molar refractivity (Wildman–Crippen MR) is 118 cm³/mol. The molecule has 2 amide bonds. The molecule has 0 bridgehead atoms. The summed E-state index contributed by atoms with van der Waals surface area (Å²) in [5.41, 5.74) is 2.20. The minimum absolute atomic E-state index is 0.0317. The summed E-state index contributed by atoms with van der Waals surface area (Å²) >= 11 is 0. The van der Waals surface area contributed by atoms with Crippen LogP contribution in [0.25, 0.3) is 10.8 Å². The molecule has 7 heteroatoms. The van der Waals surface area contributed by atoms with Crippen LogP contribution in [0, 0.1) is 0 Å². The summed E-state index contributed by atoms with van der Waals surface area (Å²) in [6.45, 7) is 1.46. The van der Waals surface area contributed by atoms with Crippen LogP contribution in [0.15, 0.2) is 79.0 Å². The highest BCUT2D eigenvalue weighted by Crippen LogP contribution is 2.20. The fraction of sp³-hybridized carbons (Fsp3) is 0.167. The van der Waals surface area contributed by atoms with Gasteiger partial charge in [-0.25, -0.2) is 4.68 Å². The van der Waals surface area contributed by atoms with Crippen molar-refractivity contribution in [3.63, 3.8) is 0 Å². The van der Waals surface area contributed by atoms with Crippen LogP contribution in [0.3, 0.4) is 0 Å². The zero-order valence-corrected chi connectivity index (χ0v) is 16.9. The van der Waals surface area contributed by atoms with Crippen LogP contribution >= 0.6 is 0 Å². The van der Waals surface area contributed by atoms with E-state index in [1.54, 1.807) is 15.8 Å². The number of fused-ring (bicyclic) bond motifs is 1. The molecule has 0 unspecified atom stereocenters. The van der Waals surface area contributed by atoms with Crippen molar-refractivity contribution in [3.05, 3.63) is 90.3 Å². The van der Waals surface area contributed by atoms with E-state index in [0.29, 0.717) is 19.6 Å². The van der Waals surface area contributed by atoms with Crippen LogP contribution < -0.4 is 4.90 Å². The first-order valence-corrected chi connectivity index (χ1v) is 10.2. The lowest BCUT2D eigenvalue weighted by Crippen LogP contribution is -2.52. The molecule has 3 aromatic carbocycles. The van der Waals surface area contributed by atoms with E-state index in [4.69, 9.17) is 0 Å². The minimum Gasteiger partial charge on any atom is -0.326 e. The molecular formula is C24H21N5O2. The number of carbonyl (C=O) groups excluding carboxylic acids is 2. The predicted octanol–water partition coefficient (Wildman–Crippen LogP) is 2.97. The molecule has 2 heterocycles. The van der Waals surface area contributed by atoms with Crippen molar-refractivity contribution in [2.45, 2.75) is 6.54 Å². The molecular weight excluding hydrogens is 390 g/mol. The summed E-state index contributed by atoms with van der Waals surface area (Å²) in [5, 5.41) is 10.5. The first-order chi connectivity index (χ1) is 15.2. The highest BCUT2D eigenvalue weighted by atomic mass is 16.2. The molecule has 0 saturated carbocycles. The molecule has 31 heavy (non-hydrogen) atoms. The van der Waals surface area contributed by atoms with Crippen molar-refractivity contribution in [2.24, 2.45) is 0 Å². The number of aromatic nitrogens is 3. The summed E-state index contributed by atoms with van der Waals surface area (Å²) in [4.78, 5) is 28.8. The highest BCUT2D eigenvalue weighted by molar-refractivity contribution is 6.00. The van der Waals surface area contributed by atoms with Gasteiger partial charge in [-0.1, -0.05) is 65.9 Å². The maximum atomic E-state index is 12.9. The second kappa shape index (κ2) is 8.02. The van der Waals surface area contributed by atoms with E-state index in [1.807, 2.05) is 54.6 Å². The maximum absolute atomic E-state index is 12.9. The molecule has 1 aromatic heterocycles. The SMILES string of the molecule is O=C(c1cn(Cc2cccc3ccccc23)nn1)N1CCN(c2ccccc2)C(=O)C1. The average molecular weight is 411 g/mol. The lowest BCUT2D eigenvalue weighted by atomic mass is 10.0. The van der Waals surface area contributed by atoms with Crippen molar-refractivity contribution in [1.82, 2.24) is 19.9 Å². The first kappa shape index (κ1) is 19.0. The van der Waals surface area contributed by atoms with E-state index in [2.05, 4.69) is 28.5 Å². The average Bonchev–Trinajstić information content (AvgIpc) is 3.28. The smallest absolute Gasteiger partial charge is 0.276 e. The van der Waals surface area contributed by atoms with Gasteiger partial charge in [0.2, 0.25) is 5.91 Å². The lowest BCUT2D eigenvalue weighted by molar-refractivity contribution is -0.120. The van der Waals surface area contributed by atoms with Gasteiger partial charge in [0, 0.05) is 18.8 Å². The van der Waals surface area contributed by atoms with Crippen LogP contribution in [0.2, 0.25) is 0 Å². The Morgan fingerprint density at radius 3 is 2.52 bits per heavy atom. The summed E-state index contributed by atoms with van der Waals surface area (Å²) in [6.07, 6.45) is 1.65. The molecule has 0 spiro atoms. The number of piperazine rings is 1. The third-order valence-corrected chi connectivity index (χ3v) is 5.55. The van der Waals surface area contributed by atoms with E-state index < -0.39 is 0 Å². The Balaban J connectivity index is 1.29. The number of nitrogens with zero attached hydrogens (tertiary/aromatic N) is 5. The van der Waals surface area contributed by atoms with Crippen molar-refractivity contribution in [3.8, 4) is 0 Å². The van der Waals surface area contributed by atoms with E-state index in [9.17, 15) is 9.59 Å². The van der Waals surface area contributed by atoms with Crippen molar-refractivity contribution in [1.29, 1.82) is 0 Å². The lowest BCUT2D eigenvalue weighted by Gasteiger charge is -2.33. The largest absolute Gasteiger partial charge is 0.326 e. The number of hydrogen-bond donors (Lipinski definition) is 0. The second-order valence-corrected chi connectivity index (χ2v) is 7.55. The molecule has 154 valence electrons. The standard InChI is InChI=1S/C24H21N5O2/c30-23-17-27(13-14-29(23)20-10-2-1-3-11-20)24(31)22-16-28(26-25-22)15-19-9-6-8-18-7-4-5-12-21(18)19/h1-12,16H,13-15,17H2. The summed E-state index contributed by atoms with van der Waals surface area (Å²) < 4.78 is 1.66. The van der Waals surface area contributed by atoms with Crippen LogP contribution in [0.5, 0.6) is 0 Å². The second-order valence-electron chi connectivity index (χ2n) is 7.55. The van der Waals surface area contributed by atoms with E-state index in [1.165, 1.54) is 4.90 Å². The first-order valence-electron chi connectivity index (χ1n) is 10.2. The molecule has 0 atom stereocenters.